The van der Waals surface area contributed by atoms with Crippen LogP contribution in [-0.4, -0.2) is 53.5 Å². The number of aromatic nitrogens is 2. The van der Waals surface area contributed by atoms with Gasteiger partial charge in [-0.1, -0.05) is 102 Å². The molecule has 0 amide bonds. The summed E-state index contributed by atoms with van der Waals surface area (Å²) in [4.78, 5) is 9.47. The number of benzene rings is 1. The lowest BCUT2D eigenvalue weighted by molar-refractivity contribution is 0.399. The van der Waals surface area contributed by atoms with E-state index in [4.69, 9.17) is 10.1 Å². The molecule has 2 aliphatic heterocycles. The Morgan fingerprint density at radius 1 is 1.07 bits per heavy atom. The fraction of sp³-hybridized carbons (Fsp3) is 0.441. The summed E-state index contributed by atoms with van der Waals surface area (Å²) in [5, 5.41) is 16.8. The normalized spacial score (nSPS) is 18.9. The summed E-state index contributed by atoms with van der Waals surface area (Å²) in [6.07, 6.45) is 20.9. The number of H-pyrrole nitrogens is 1. The topological polar surface area (TPSA) is 85.7 Å². The lowest BCUT2D eigenvalue weighted by Gasteiger charge is -2.27. The Kier molecular flexibility index (Phi) is 18.6. The van der Waals surface area contributed by atoms with Crippen molar-refractivity contribution in [1.29, 1.82) is 0 Å². The van der Waals surface area contributed by atoms with Crippen molar-refractivity contribution in [3.8, 4) is 0 Å². The van der Waals surface area contributed by atoms with E-state index >= 15 is 0 Å². The highest BCUT2D eigenvalue weighted by Gasteiger charge is 2.26. The lowest BCUT2D eigenvalue weighted by Crippen LogP contribution is -2.26. The number of aliphatic hydroxyl groups excluding tert-OH is 1. The maximum absolute atomic E-state index is 7.00. The van der Waals surface area contributed by atoms with Gasteiger partial charge in [0, 0.05) is 50.0 Å². The van der Waals surface area contributed by atoms with Crippen LogP contribution in [0.3, 0.4) is 0 Å². The minimum Gasteiger partial charge on any atom is -0.400 e. The first-order valence-corrected chi connectivity index (χ1v) is 14.5. The van der Waals surface area contributed by atoms with E-state index in [1.54, 1.807) is 12.4 Å². The molecule has 0 spiro atoms. The number of nitrogens with zero attached hydrogens (tertiary/aromatic N) is 3. The van der Waals surface area contributed by atoms with Gasteiger partial charge in [0.05, 0.1) is 11.8 Å². The van der Waals surface area contributed by atoms with Crippen molar-refractivity contribution in [2.45, 2.75) is 60.4 Å². The number of aromatic amines is 1. The van der Waals surface area contributed by atoms with Crippen molar-refractivity contribution >= 4 is 17.5 Å². The van der Waals surface area contributed by atoms with Gasteiger partial charge in [-0.2, -0.15) is 5.10 Å². The Balaban J connectivity index is 0.000000685. The van der Waals surface area contributed by atoms with Crippen LogP contribution in [0.25, 0.3) is 5.57 Å². The van der Waals surface area contributed by atoms with E-state index in [2.05, 4.69) is 123 Å². The zero-order chi connectivity index (χ0) is 29.6. The molecule has 4 rings (SSSR count). The summed E-state index contributed by atoms with van der Waals surface area (Å²) in [6, 6.07) is 12.5. The van der Waals surface area contributed by atoms with Gasteiger partial charge in [-0.05, 0) is 48.6 Å². The van der Waals surface area contributed by atoms with Crippen molar-refractivity contribution < 1.29 is 5.11 Å². The third-order valence-corrected chi connectivity index (χ3v) is 6.25. The number of dihydropyridines is 1. The summed E-state index contributed by atoms with van der Waals surface area (Å²) in [6.45, 7) is 15.2. The van der Waals surface area contributed by atoms with Crippen LogP contribution in [0.2, 0.25) is 0 Å². The zero-order valence-corrected chi connectivity index (χ0v) is 25.6. The van der Waals surface area contributed by atoms with E-state index in [1.807, 2.05) is 18.5 Å². The minimum atomic E-state index is 0.128. The summed E-state index contributed by atoms with van der Waals surface area (Å²) >= 11 is 0. The van der Waals surface area contributed by atoms with E-state index < -0.39 is 0 Å². The van der Waals surface area contributed by atoms with Gasteiger partial charge in [0.15, 0.2) is 0 Å². The molecule has 4 unspecified atom stereocenters. The maximum atomic E-state index is 7.00. The number of nitrogens with one attached hydrogen (secondary N) is 2. The van der Waals surface area contributed by atoms with Crippen molar-refractivity contribution in [3.05, 3.63) is 96.5 Å². The molecule has 0 saturated carbocycles. The molecule has 2 aromatic rings. The van der Waals surface area contributed by atoms with Crippen LogP contribution in [0, 0.1) is 17.8 Å². The standard InChI is InChI=1S/C27H35N3.C3H4N2.C3H8.CH4O/c1-5-20(3)17-29-18-21(4)12-13-22(6-2)27-25(23-10-8-7-9-11-23)16-24-19-28-15-14-26(24)30-27;1-2-4-5-3-1;1-3-2;1-2/h6-16,19-21,24,26,29H,5,17-18H2,1-4H3;1-3H,(H,4,5);3H2,1-2H3;2H,1H3/b13-12-,22-6+;;;. The van der Waals surface area contributed by atoms with Gasteiger partial charge in [-0.3, -0.25) is 15.1 Å². The quantitative estimate of drug-likeness (QED) is 0.289. The molecule has 3 heterocycles. The first-order chi connectivity index (χ1) is 19.5. The van der Waals surface area contributed by atoms with Crippen LogP contribution in [-0.2, 0) is 0 Å². The second-order valence-electron chi connectivity index (χ2n) is 9.86. The Hall–Kier alpha value is -3.35. The van der Waals surface area contributed by atoms with Crippen LogP contribution in [0.1, 0.15) is 59.9 Å². The molecule has 0 saturated heterocycles. The van der Waals surface area contributed by atoms with Crippen molar-refractivity contribution in [2.75, 3.05) is 20.2 Å². The molecular weight excluding hydrogens is 494 g/mol. The molecule has 6 heteroatoms. The molecule has 6 nitrogen and oxygen atoms in total. The smallest absolute Gasteiger partial charge is 0.0817 e. The fourth-order valence-corrected chi connectivity index (χ4v) is 3.91. The van der Waals surface area contributed by atoms with Crippen LogP contribution in [0.4, 0.5) is 0 Å². The average Bonchev–Trinajstić information content (AvgIpc) is 3.59. The van der Waals surface area contributed by atoms with E-state index in [0.29, 0.717) is 5.92 Å². The third kappa shape index (κ3) is 12.7. The van der Waals surface area contributed by atoms with Crippen molar-refractivity contribution in [1.82, 2.24) is 15.5 Å². The van der Waals surface area contributed by atoms with E-state index in [1.165, 1.54) is 29.6 Å². The number of allylic oxidation sites excluding steroid dienone is 4. The second kappa shape index (κ2) is 21.5. The van der Waals surface area contributed by atoms with E-state index in [-0.39, 0.29) is 12.0 Å². The molecule has 0 aliphatic carbocycles. The minimum absolute atomic E-state index is 0.128. The summed E-state index contributed by atoms with van der Waals surface area (Å²) < 4.78 is 0. The van der Waals surface area contributed by atoms with Crippen molar-refractivity contribution in [2.24, 2.45) is 27.7 Å². The Morgan fingerprint density at radius 3 is 2.38 bits per heavy atom. The largest absolute Gasteiger partial charge is 0.400 e. The number of hydrogen-bond donors (Lipinski definition) is 3. The number of hydrogen-bond acceptors (Lipinski definition) is 5. The van der Waals surface area contributed by atoms with E-state index in [9.17, 15) is 0 Å². The number of aliphatic hydroxyl groups is 1. The van der Waals surface area contributed by atoms with Gasteiger partial charge < -0.3 is 10.4 Å². The zero-order valence-electron chi connectivity index (χ0n) is 25.6. The highest BCUT2D eigenvalue weighted by Crippen LogP contribution is 2.31. The molecule has 218 valence electrons. The van der Waals surface area contributed by atoms with Gasteiger partial charge in [0.1, 0.15) is 0 Å². The van der Waals surface area contributed by atoms with Crippen LogP contribution >= 0.6 is 0 Å². The molecule has 0 radical (unpaired) electrons. The Morgan fingerprint density at radius 2 is 1.80 bits per heavy atom. The van der Waals surface area contributed by atoms with Crippen LogP contribution < -0.4 is 5.32 Å². The SMILES string of the molecule is C/C=C(\C=C/C(C)CNCC(C)CC)C1=NC2C=CN=CC2C=C1c1ccccc1.CCC.CO.c1cn[nH]c1. The molecule has 4 atom stereocenters. The predicted molar refractivity (Wildman–Crippen MR) is 174 cm³/mol. The molecule has 1 aromatic heterocycles. The Bertz CT molecular complexity index is 1060. The van der Waals surface area contributed by atoms with E-state index in [0.717, 1.165) is 31.8 Å². The first-order valence-electron chi connectivity index (χ1n) is 14.5. The molecular formula is C34H51N5O. The first kappa shape index (κ1) is 34.7. The summed E-state index contributed by atoms with van der Waals surface area (Å²) in [5.74, 6) is 1.41. The fourth-order valence-electron chi connectivity index (χ4n) is 3.91. The van der Waals surface area contributed by atoms with Gasteiger partial charge in [0.25, 0.3) is 0 Å². The highest BCUT2D eigenvalue weighted by molar-refractivity contribution is 6.33. The number of fused-ring (bicyclic) bond motifs is 1. The average molecular weight is 546 g/mol. The number of rotatable bonds is 9. The lowest BCUT2D eigenvalue weighted by atomic mass is 9.85. The van der Waals surface area contributed by atoms with Gasteiger partial charge in [0.2, 0.25) is 0 Å². The highest BCUT2D eigenvalue weighted by atomic mass is 16.2. The van der Waals surface area contributed by atoms with Crippen molar-refractivity contribution in [3.63, 3.8) is 0 Å². The van der Waals surface area contributed by atoms with Crippen LogP contribution in [0.5, 0.6) is 0 Å². The molecule has 2 aliphatic rings. The Labute approximate surface area is 242 Å². The second-order valence-corrected chi connectivity index (χ2v) is 9.86. The van der Waals surface area contributed by atoms with Gasteiger partial charge >= 0.3 is 0 Å². The predicted octanol–water partition coefficient (Wildman–Crippen LogP) is 7.32. The molecule has 40 heavy (non-hydrogen) atoms. The maximum Gasteiger partial charge on any atom is 0.0817 e. The third-order valence-electron chi connectivity index (χ3n) is 6.25. The van der Waals surface area contributed by atoms with Gasteiger partial charge in [-0.15, -0.1) is 0 Å². The number of aliphatic imine (C=N–C) groups is 2. The molecule has 0 bridgehead atoms. The summed E-state index contributed by atoms with van der Waals surface area (Å²) in [7, 11) is 1.00. The molecule has 3 N–H and O–H groups in total. The summed E-state index contributed by atoms with van der Waals surface area (Å²) in [5.41, 5.74) is 4.64. The molecule has 1 aromatic carbocycles. The molecule has 0 fully saturated rings. The van der Waals surface area contributed by atoms with Crippen LogP contribution in [0.15, 0.2) is 101 Å². The monoisotopic (exact) mass is 545 g/mol. The van der Waals surface area contributed by atoms with Gasteiger partial charge in [-0.25, -0.2) is 0 Å².